The van der Waals surface area contributed by atoms with Gasteiger partial charge in [-0.25, -0.2) is 0 Å². The third kappa shape index (κ3) is 3.84. The molecule has 1 spiro atoms. The van der Waals surface area contributed by atoms with Gasteiger partial charge in [0.1, 0.15) is 0 Å². The summed E-state index contributed by atoms with van der Waals surface area (Å²) >= 11 is 0. The monoisotopic (exact) mass is 704 g/mol. The molecule has 8 aromatic carbocycles. The van der Waals surface area contributed by atoms with Crippen molar-refractivity contribution in [3.8, 4) is 33.8 Å². The molecule has 0 bridgehead atoms. The first-order chi connectivity index (χ1) is 27.1. The summed E-state index contributed by atoms with van der Waals surface area (Å²) < 4.78 is 6.74. The second-order valence-corrected chi connectivity index (χ2v) is 15.6. The van der Waals surface area contributed by atoms with E-state index in [0.29, 0.717) is 0 Å². The van der Waals surface area contributed by atoms with E-state index in [1.165, 1.54) is 61.3 Å². The molecule has 12 rings (SSSR count). The summed E-state index contributed by atoms with van der Waals surface area (Å²) in [6.45, 7) is 4.74. The number of benzene rings is 8. The van der Waals surface area contributed by atoms with E-state index in [1.54, 1.807) is 0 Å². The molecule has 0 saturated carbocycles. The second kappa shape index (κ2) is 10.9. The summed E-state index contributed by atoms with van der Waals surface area (Å²) in [6.07, 6.45) is 0. The summed E-state index contributed by atoms with van der Waals surface area (Å²) in [5.41, 5.74) is 19.0. The fraction of sp³-hybridized carbons (Fsp3) is 0.0769. The Kier molecular flexibility index (Phi) is 6.05. The van der Waals surface area contributed by atoms with Crippen LogP contribution in [0.1, 0.15) is 47.2 Å². The molecule has 0 amide bonds. The van der Waals surface area contributed by atoms with Gasteiger partial charge in [0, 0.05) is 22.4 Å². The van der Waals surface area contributed by atoms with Gasteiger partial charge in [0.15, 0.2) is 11.5 Å². The van der Waals surface area contributed by atoms with Crippen LogP contribution in [-0.4, -0.2) is 0 Å². The first-order valence-electron chi connectivity index (χ1n) is 19.2. The van der Waals surface area contributed by atoms with Crippen LogP contribution in [0.5, 0.6) is 11.5 Å². The molecule has 3 nitrogen and oxygen atoms in total. The van der Waals surface area contributed by atoms with Crippen LogP contribution in [-0.2, 0) is 10.8 Å². The summed E-state index contributed by atoms with van der Waals surface area (Å²) in [5.74, 6) is 1.74. The lowest BCUT2D eigenvalue weighted by Crippen LogP contribution is -2.34. The molecule has 4 aliphatic rings. The van der Waals surface area contributed by atoms with E-state index in [1.807, 2.05) is 0 Å². The molecular weight excluding hydrogens is 669 g/mol. The van der Waals surface area contributed by atoms with Crippen LogP contribution in [0.25, 0.3) is 22.3 Å². The van der Waals surface area contributed by atoms with Crippen LogP contribution >= 0.6 is 0 Å². The Morgan fingerprint density at radius 3 is 1.65 bits per heavy atom. The Balaban J connectivity index is 1.15. The van der Waals surface area contributed by atoms with Crippen molar-refractivity contribution in [2.75, 3.05) is 9.80 Å². The first-order valence-corrected chi connectivity index (χ1v) is 19.2. The van der Waals surface area contributed by atoms with Crippen LogP contribution in [0.3, 0.4) is 0 Å². The van der Waals surface area contributed by atoms with Crippen molar-refractivity contribution < 1.29 is 4.74 Å². The van der Waals surface area contributed by atoms with Crippen LogP contribution in [0.2, 0.25) is 0 Å². The van der Waals surface area contributed by atoms with Crippen LogP contribution in [0.15, 0.2) is 182 Å². The standard InChI is InChI=1S/C52H36N2O/c1-51(2)42-24-12-13-25-44(42)54-45-26-14-15-27-47(45)55-48-31-30-46(49(51)50(48)54)53(33-16-4-3-5-17-33)34-28-29-38-37-20-8-11-23-41(37)52(43(38)32-34)39-21-9-6-18-35(39)36-19-7-10-22-40(36)52/h3-32H,1-2H3. The molecule has 260 valence electrons. The topological polar surface area (TPSA) is 15.7 Å². The van der Waals surface area contributed by atoms with Gasteiger partial charge in [-0.1, -0.05) is 141 Å². The van der Waals surface area contributed by atoms with Gasteiger partial charge in [0.2, 0.25) is 0 Å². The maximum absolute atomic E-state index is 6.74. The molecule has 0 aromatic heterocycles. The van der Waals surface area contributed by atoms with Crippen molar-refractivity contribution in [1.82, 2.24) is 0 Å². The highest BCUT2D eigenvalue weighted by molar-refractivity contribution is 5.99. The Labute approximate surface area is 321 Å². The molecule has 8 aromatic rings. The van der Waals surface area contributed by atoms with Gasteiger partial charge in [-0.2, -0.15) is 0 Å². The molecule has 0 atom stereocenters. The predicted molar refractivity (Wildman–Crippen MR) is 224 cm³/mol. The minimum Gasteiger partial charge on any atom is -0.453 e. The molecular formula is C52H36N2O. The van der Waals surface area contributed by atoms with Crippen LogP contribution in [0.4, 0.5) is 34.1 Å². The lowest BCUT2D eigenvalue weighted by molar-refractivity contribution is 0.471. The lowest BCUT2D eigenvalue weighted by atomic mass is 9.70. The third-order valence-electron chi connectivity index (χ3n) is 12.6. The number of para-hydroxylation sites is 4. The van der Waals surface area contributed by atoms with Crippen molar-refractivity contribution in [2.45, 2.75) is 24.7 Å². The number of hydrogen-bond donors (Lipinski definition) is 0. The lowest BCUT2D eigenvalue weighted by Gasteiger charge is -2.46. The minimum absolute atomic E-state index is 0.353. The van der Waals surface area contributed by atoms with E-state index < -0.39 is 5.41 Å². The van der Waals surface area contributed by atoms with E-state index >= 15 is 0 Å². The SMILES string of the molecule is CC1(C)c2ccccc2N2c3ccccc3Oc3ccc(N(c4ccccc4)c4ccc5c(c4)C4(c6ccccc6-c6ccccc64)c4ccccc4-5)c1c32. The second-order valence-electron chi connectivity index (χ2n) is 15.6. The molecule has 0 radical (unpaired) electrons. The summed E-state index contributed by atoms with van der Waals surface area (Å²) in [7, 11) is 0. The van der Waals surface area contributed by atoms with Crippen molar-refractivity contribution in [3.05, 3.63) is 215 Å². The molecule has 3 heteroatoms. The van der Waals surface area contributed by atoms with Crippen molar-refractivity contribution in [1.29, 1.82) is 0 Å². The minimum atomic E-state index is -0.436. The average Bonchev–Trinajstić information content (AvgIpc) is 3.70. The number of ether oxygens (including phenoxy) is 1. The fourth-order valence-electron chi connectivity index (χ4n) is 10.4. The van der Waals surface area contributed by atoms with Crippen molar-refractivity contribution in [2.24, 2.45) is 0 Å². The van der Waals surface area contributed by atoms with E-state index in [2.05, 4.69) is 206 Å². The zero-order valence-corrected chi connectivity index (χ0v) is 30.6. The zero-order chi connectivity index (χ0) is 36.5. The summed E-state index contributed by atoms with van der Waals surface area (Å²) in [6, 6.07) is 66.9. The number of fused-ring (bicyclic) bond motifs is 14. The largest absolute Gasteiger partial charge is 0.453 e. The van der Waals surface area contributed by atoms with E-state index in [-0.39, 0.29) is 5.41 Å². The quantitative estimate of drug-likeness (QED) is 0.182. The number of rotatable bonds is 3. The maximum atomic E-state index is 6.74. The van der Waals surface area contributed by atoms with E-state index in [4.69, 9.17) is 4.74 Å². The molecule has 0 fully saturated rings. The highest BCUT2D eigenvalue weighted by Crippen LogP contribution is 2.65. The van der Waals surface area contributed by atoms with E-state index in [9.17, 15) is 0 Å². The normalized spacial score (nSPS) is 15.1. The Morgan fingerprint density at radius 1 is 0.436 bits per heavy atom. The van der Waals surface area contributed by atoms with Gasteiger partial charge in [0.05, 0.1) is 28.2 Å². The maximum Gasteiger partial charge on any atom is 0.152 e. The average molecular weight is 705 g/mol. The van der Waals surface area contributed by atoms with Crippen LogP contribution < -0.4 is 14.5 Å². The molecule has 0 unspecified atom stereocenters. The number of hydrogen-bond acceptors (Lipinski definition) is 3. The number of nitrogens with zero attached hydrogens (tertiary/aromatic N) is 2. The van der Waals surface area contributed by atoms with Gasteiger partial charge in [0.25, 0.3) is 0 Å². The summed E-state index contributed by atoms with van der Waals surface area (Å²) in [4.78, 5) is 4.91. The smallest absolute Gasteiger partial charge is 0.152 e. The first kappa shape index (κ1) is 30.6. The zero-order valence-electron chi connectivity index (χ0n) is 30.6. The highest BCUT2D eigenvalue weighted by Gasteiger charge is 2.52. The predicted octanol–water partition coefficient (Wildman–Crippen LogP) is 13.7. The number of anilines is 6. The molecule has 55 heavy (non-hydrogen) atoms. The van der Waals surface area contributed by atoms with Gasteiger partial charge in [-0.05, 0) is 105 Å². The third-order valence-corrected chi connectivity index (χ3v) is 12.6. The Bertz CT molecular complexity index is 2840. The molecule has 0 N–H and O–H groups in total. The fourth-order valence-corrected chi connectivity index (χ4v) is 10.4. The summed E-state index contributed by atoms with van der Waals surface area (Å²) in [5, 5.41) is 0. The Hall–Kier alpha value is -6.84. The Morgan fingerprint density at radius 2 is 0.982 bits per heavy atom. The van der Waals surface area contributed by atoms with Crippen LogP contribution in [0, 0.1) is 0 Å². The van der Waals surface area contributed by atoms with Gasteiger partial charge < -0.3 is 14.5 Å². The highest BCUT2D eigenvalue weighted by atomic mass is 16.5. The molecule has 0 saturated heterocycles. The molecule has 2 aliphatic heterocycles. The van der Waals surface area contributed by atoms with Crippen molar-refractivity contribution in [3.63, 3.8) is 0 Å². The van der Waals surface area contributed by atoms with Gasteiger partial charge >= 0.3 is 0 Å². The molecule has 2 heterocycles. The molecule has 2 aliphatic carbocycles. The van der Waals surface area contributed by atoms with Gasteiger partial charge in [-0.15, -0.1) is 0 Å². The van der Waals surface area contributed by atoms with E-state index in [0.717, 1.165) is 39.9 Å². The van der Waals surface area contributed by atoms with Gasteiger partial charge in [-0.3, -0.25) is 0 Å². The van der Waals surface area contributed by atoms with Crippen molar-refractivity contribution >= 4 is 34.1 Å².